The number of nitrogens with zero attached hydrogens (tertiary/aromatic N) is 3. The zero-order valence-electron chi connectivity index (χ0n) is 12.2. The van der Waals surface area contributed by atoms with Crippen LogP contribution in [0.15, 0.2) is 48.9 Å². The maximum Gasteiger partial charge on any atom is 0.147 e. The highest BCUT2D eigenvalue weighted by Crippen LogP contribution is 2.34. The van der Waals surface area contributed by atoms with Gasteiger partial charge < -0.3 is 5.32 Å². The van der Waals surface area contributed by atoms with Crippen LogP contribution in [0.4, 0.5) is 5.82 Å². The smallest absolute Gasteiger partial charge is 0.147 e. The van der Waals surface area contributed by atoms with Gasteiger partial charge >= 0.3 is 0 Å². The summed E-state index contributed by atoms with van der Waals surface area (Å²) in [5.74, 6) is 0.868. The molecule has 0 aliphatic heterocycles. The first-order valence-corrected chi connectivity index (χ1v) is 8.47. The average molecular weight is 341 g/mol. The predicted octanol–water partition coefficient (Wildman–Crippen LogP) is 4.55. The summed E-state index contributed by atoms with van der Waals surface area (Å²) in [5.41, 5.74) is 2.20. The summed E-state index contributed by atoms with van der Waals surface area (Å²) in [6, 6.07) is 11.9. The van der Waals surface area contributed by atoms with Crippen molar-refractivity contribution in [2.24, 2.45) is 0 Å². The Kier molecular flexibility index (Phi) is 3.81. The second kappa shape index (κ2) is 6.10. The minimum atomic E-state index is 0.761. The summed E-state index contributed by atoms with van der Waals surface area (Å²) in [7, 11) is 0. The molecule has 0 atom stereocenters. The number of benzene rings is 1. The zero-order chi connectivity index (χ0) is 15.6. The molecular formula is C17H13ClN4S. The van der Waals surface area contributed by atoms with Crippen LogP contribution in [-0.4, -0.2) is 21.5 Å². The summed E-state index contributed by atoms with van der Waals surface area (Å²) in [6.07, 6.45) is 4.32. The molecule has 1 N–H and O–H groups in total. The molecule has 23 heavy (non-hydrogen) atoms. The molecule has 114 valence electrons. The summed E-state index contributed by atoms with van der Waals surface area (Å²) < 4.78 is 1.05. The third kappa shape index (κ3) is 2.85. The molecule has 4 nitrogen and oxygen atoms in total. The molecule has 3 aromatic heterocycles. The number of aromatic nitrogens is 3. The predicted molar refractivity (Wildman–Crippen MR) is 96.4 cm³/mol. The lowest BCUT2D eigenvalue weighted by molar-refractivity contribution is 1.01. The average Bonchev–Trinajstić information content (AvgIpc) is 2.96. The van der Waals surface area contributed by atoms with E-state index in [2.05, 4.69) is 20.3 Å². The Morgan fingerprint density at radius 1 is 1.04 bits per heavy atom. The molecule has 6 heteroatoms. The van der Waals surface area contributed by atoms with Gasteiger partial charge in [-0.3, -0.25) is 0 Å². The minimum absolute atomic E-state index is 0.761. The van der Waals surface area contributed by atoms with Crippen molar-refractivity contribution in [1.29, 1.82) is 0 Å². The number of nitrogens with one attached hydrogen (secondary N) is 1. The molecule has 4 aromatic rings. The SMILES string of the molecule is Clc1ccc(CCNc2ncnc3c2sc2ncccc23)cc1. The van der Waals surface area contributed by atoms with E-state index in [-0.39, 0.29) is 0 Å². The summed E-state index contributed by atoms with van der Waals surface area (Å²) in [5, 5.41) is 5.25. The highest BCUT2D eigenvalue weighted by molar-refractivity contribution is 7.25. The van der Waals surface area contributed by atoms with Gasteiger partial charge in [0.2, 0.25) is 0 Å². The molecule has 0 bridgehead atoms. The van der Waals surface area contributed by atoms with Gasteiger partial charge in [0.15, 0.2) is 0 Å². The van der Waals surface area contributed by atoms with E-state index in [0.29, 0.717) is 0 Å². The van der Waals surface area contributed by atoms with E-state index in [9.17, 15) is 0 Å². The third-order valence-corrected chi connectivity index (χ3v) is 5.01. The zero-order valence-corrected chi connectivity index (χ0v) is 13.7. The summed E-state index contributed by atoms with van der Waals surface area (Å²) in [4.78, 5) is 14.2. The number of hydrogen-bond donors (Lipinski definition) is 1. The molecule has 0 aliphatic carbocycles. The molecule has 0 amide bonds. The number of fused-ring (bicyclic) bond motifs is 3. The van der Waals surface area contributed by atoms with E-state index >= 15 is 0 Å². The van der Waals surface area contributed by atoms with E-state index in [1.165, 1.54) is 5.56 Å². The molecule has 0 spiro atoms. The van der Waals surface area contributed by atoms with Gasteiger partial charge in [0, 0.05) is 23.2 Å². The fourth-order valence-electron chi connectivity index (χ4n) is 2.51. The Bertz CT molecular complexity index is 965. The van der Waals surface area contributed by atoms with Crippen LogP contribution < -0.4 is 5.32 Å². The maximum absolute atomic E-state index is 5.91. The number of halogens is 1. The van der Waals surface area contributed by atoms with E-state index in [0.717, 1.165) is 44.2 Å². The van der Waals surface area contributed by atoms with Gasteiger partial charge in [0.25, 0.3) is 0 Å². The van der Waals surface area contributed by atoms with Crippen molar-refractivity contribution in [1.82, 2.24) is 15.0 Å². The van der Waals surface area contributed by atoms with Crippen LogP contribution in [0.3, 0.4) is 0 Å². The number of thiophene rings is 1. The quantitative estimate of drug-likeness (QED) is 0.592. The van der Waals surface area contributed by atoms with Gasteiger partial charge in [0.1, 0.15) is 17.0 Å². The first kappa shape index (κ1) is 14.4. The largest absolute Gasteiger partial charge is 0.368 e. The second-order valence-electron chi connectivity index (χ2n) is 5.16. The molecule has 0 saturated carbocycles. The normalized spacial score (nSPS) is 11.2. The van der Waals surface area contributed by atoms with E-state index in [1.807, 2.05) is 36.4 Å². The van der Waals surface area contributed by atoms with Gasteiger partial charge in [-0.25, -0.2) is 15.0 Å². The van der Waals surface area contributed by atoms with Crippen LogP contribution in [0.1, 0.15) is 5.56 Å². The Balaban J connectivity index is 1.58. The molecule has 0 aliphatic rings. The second-order valence-corrected chi connectivity index (χ2v) is 6.60. The highest BCUT2D eigenvalue weighted by Gasteiger charge is 2.11. The van der Waals surface area contributed by atoms with Crippen molar-refractivity contribution in [2.45, 2.75) is 6.42 Å². The third-order valence-electron chi connectivity index (χ3n) is 3.65. The lowest BCUT2D eigenvalue weighted by Gasteiger charge is -2.06. The number of rotatable bonds is 4. The van der Waals surface area contributed by atoms with E-state index in [4.69, 9.17) is 11.6 Å². The van der Waals surface area contributed by atoms with Crippen molar-refractivity contribution in [2.75, 3.05) is 11.9 Å². The van der Waals surface area contributed by atoms with Crippen LogP contribution in [0.25, 0.3) is 20.4 Å². The fraction of sp³-hybridized carbons (Fsp3) is 0.118. The van der Waals surface area contributed by atoms with Crippen LogP contribution in [0, 0.1) is 0 Å². The van der Waals surface area contributed by atoms with Crippen LogP contribution in [0.5, 0.6) is 0 Å². The summed E-state index contributed by atoms with van der Waals surface area (Å²) >= 11 is 7.53. The van der Waals surface area contributed by atoms with Crippen LogP contribution in [0.2, 0.25) is 5.02 Å². The van der Waals surface area contributed by atoms with Crippen LogP contribution >= 0.6 is 22.9 Å². The van der Waals surface area contributed by atoms with Gasteiger partial charge in [-0.1, -0.05) is 23.7 Å². The lowest BCUT2D eigenvalue weighted by atomic mass is 10.1. The molecule has 0 saturated heterocycles. The molecule has 0 fully saturated rings. The van der Waals surface area contributed by atoms with E-state index < -0.39 is 0 Å². The monoisotopic (exact) mass is 340 g/mol. The topological polar surface area (TPSA) is 50.7 Å². The maximum atomic E-state index is 5.91. The molecule has 0 unspecified atom stereocenters. The van der Waals surface area contributed by atoms with Crippen molar-refractivity contribution in [3.05, 3.63) is 59.5 Å². The van der Waals surface area contributed by atoms with Gasteiger partial charge in [0.05, 0.1) is 10.2 Å². The van der Waals surface area contributed by atoms with Crippen molar-refractivity contribution >= 4 is 49.2 Å². The minimum Gasteiger partial charge on any atom is -0.368 e. The lowest BCUT2D eigenvalue weighted by Crippen LogP contribution is -2.06. The van der Waals surface area contributed by atoms with Crippen molar-refractivity contribution in [3.63, 3.8) is 0 Å². The Morgan fingerprint density at radius 2 is 1.91 bits per heavy atom. The highest BCUT2D eigenvalue weighted by atomic mass is 35.5. The van der Waals surface area contributed by atoms with E-state index in [1.54, 1.807) is 23.9 Å². The van der Waals surface area contributed by atoms with Gasteiger partial charge in [-0.15, -0.1) is 11.3 Å². The molecule has 0 radical (unpaired) electrons. The first-order chi connectivity index (χ1) is 11.3. The molecule has 4 rings (SSSR count). The Labute approximate surface area is 142 Å². The number of hydrogen-bond acceptors (Lipinski definition) is 5. The molecule has 3 heterocycles. The standard InChI is InChI=1S/C17H13ClN4S/c18-12-5-3-11(4-6-12)7-9-19-16-15-14(21-10-22-16)13-2-1-8-20-17(13)23-15/h1-6,8,10H,7,9H2,(H,19,21,22). The fourth-order valence-corrected chi connectivity index (χ4v) is 3.70. The van der Waals surface area contributed by atoms with Gasteiger partial charge in [-0.05, 0) is 36.2 Å². The van der Waals surface area contributed by atoms with Crippen LogP contribution in [-0.2, 0) is 6.42 Å². The summed E-state index contributed by atoms with van der Waals surface area (Å²) in [6.45, 7) is 0.801. The van der Waals surface area contributed by atoms with Gasteiger partial charge in [-0.2, -0.15) is 0 Å². The molecular weight excluding hydrogens is 328 g/mol. The number of pyridine rings is 1. The first-order valence-electron chi connectivity index (χ1n) is 7.28. The van der Waals surface area contributed by atoms with Crippen molar-refractivity contribution < 1.29 is 0 Å². The number of anilines is 1. The van der Waals surface area contributed by atoms with Crippen molar-refractivity contribution in [3.8, 4) is 0 Å². The Hall–Kier alpha value is -2.24. The Morgan fingerprint density at radius 3 is 2.78 bits per heavy atom. The molecule has 1 aromatic carbocycles.